The molecule has 0 aromatic heterocycles. The smallest absolute Gasteiger partial charge is 0.349 e. The van der Waals surface area contributed by atoms with Gasteiger partial charge in [-0.2, -0.15) is 10.2 Å². The Morgan fingerprint density at radius 2 is 1.39 bits per heavy atom. The van der Waals surface area contributed by atoms with Crippen LogP contribution in [-0.4, -0.2) is 18.2 Å². The second-order valence-electron chi connectivity index (χ2n) is 7.29. The summed E-state index contributed by atoms with van der Waals surface area (Å²) in [5.74, 6) is 0.937. The van der Waals surface area contributed by atoms with Gasteiger partial charge in [0.1, 0.15) is 18.1 Å². The highest BCUT2D eigenvalue weighted by atomic mass is 16.6. The molecule has 0 bridgehead atoms. The highest BCUT2D eigenvalue weighted by molar-refractivity contribution is 5.79. The van der Waals surface area contributed by atoms with Gasteiger partial charge in [0.15, 0.2) is 5.60 Å². The Morgan fingerprint density at radius 3 is 2.00 bits per heavy atom. The standard InChI is InChI=1S/C25H26N2O4/c1-4-29-24(28)25(2,3)31-23-14-10-19(11-15-23)18-30-22-16-12-21(13-17-22)27-26-20-8-6-5-7-9-20/h5-17H,4,18H2,1-3H3. The fourth-order valence-corrected chi connectivity index (χ4v) is 2.68. The van der Waals surface area contributed by atoms with Crippen molar-refractivity contribution in [2.45, 2.75) is 33.0 Å². The van der Waals surface area contributed by atoms with Gasteiger partial charge in [0.25, 0.3) is 0 Å². The molecule has 0 N–H and O–H groups in total. The quantitative estimate of drug-likeness (QED) is 0.298. The van der Waals surface area contributed by atoms with Crippen molar-refractivity contribution in [1.29, 1.82) is 0 Å². The molecule has 31 heavy (non-hydrogen) atoms. The Morgan fingerprint density at radius 1 is 0.806 bits per heavy atom. The molecule has 3 aromatic carbocycles. The van der Waals surface area contributed by atoms with E-state index in [1.165, 1.54) is 0 Å². The number of azo groups is 1. The Bertz CT molecular complexity index is 998. The Labute approximate surface area is 182 Å². The summed E-state index contributed by atoms with van der Waals surface area (Å²) in [6, 6.07) is 24.4. The van der Waals surface area contributed by atoms with E-state index in [0.29, 0.717) is 19.0 Å². The van der Waals surface area contributed by atoms with Gasteiger partial charge in [0.2, 0.25) is 0 Å². The zero-order chi connectivity index (χ0) is 22.1. The van der Waals surface area contributed by atoms with Crippen LogP contribution in [0.15, 0.2) is 89.1 Å². The lowest BCUT2D eigenvalue weighted by Gasteiger charge is -2.24. The maximum Gasteiger partial charge on any atom is 0.349 e. The maximum atomic E-state index is 12.0. The van der Waals surface area contributed by atoms with Gasteiger partial charge in [-0.05, 0) is 74.9 Å². The third kappa shape index (κ3) is 6.67. The van der Waals surface area contributed by atoms with Crippen LogP contribution in [0, 0.1) is 0 Å². The van der Waals surface area contributed by atoms with Crippen molar-refractivity contribution < 1.29 is 19.0 Å². The number of nitrogens with zero attached hydrogens (tertiary/aromatic N) is 2. The van der Waals surface area contributed by atoms with Crippen molar-refractivity contribution in [3.8, 4) is 11.5 Å². The third-order valence-electron chi connectivity index (χ3n) is 4.34. The predicted molar refractivity (Wildman–Crippen MR) is 119 cm³/mol. The minimum Gasteiger partial charge on any atom is -0.489 e. The molecular formula is C25H26N2O4. The van der Waals surface area contributed by atoms with Crippen LogP contribution in [0.1, 0.15) is 26.3 Å². The highest BCUT2D eigenvalue weighted by Gasteiger charge is 2.31. The lowest BCUT2D eigenvalue weighted by molar-refractivity contribution is -0.158. The van der Waals surface area contributed by atoms with Crippen molar-refractivity contribution in [2.75, 3.05) is 6.61 Å². The first kappa shape index (κ1) is 22.0. The molecule has 0 aliphatic heterocycles. The molecule has 160 valence electrons. The van der Waals surface area contributed by atoms with Crippen LogP contribution < -0.4 is 9.47 Å². The summed E-state index contributed by atoms with van der Waals surface area (Å²) >= 11 is 0. The Hall–Kier alpha value is -3.67. The van der Waals surface area contributed by atoms with Crippen LogP contribution in [-0.2, 0) is 16.1 Å². The van der Waals surface area contributed by atoms with E-state index in [4.69, 9.17) is 14.2 Å². The Balaban J connectivity index is 1.52. The average Bonchev–Trinajstić information content (AvgIpc) is 2.78. The lowest BCUT2D eigenvalue weighted by atomic mass is 10.1. The summed E-state index contributed by atoms with van der Waals surface area (Å²) in [4.78, 5) is 12.0. The van der Waals surface area contributed by atoms with Crippen LogP contribution in [0.2, 0.25) is 0 Å². The predicted octanol–water partition coefficient (Wildman–Crippen LogP) is 6.40. The number of carbonyl (C=O) groups is 1. The van der Waals surface area contributed by atoms with Crippen molar-refractivity contribution in [3.05, 3.63) is 84.4 Å². The summed E-state index contributed by atoms with van der Waals surface area (Å²) in [6.45, 7) is 5.87. The second-order valence-corrected chi connectivity index (χ2v) is 7.29. The Kier molecular flexibility index (Phi) is 7.38. The summed E-state index contributed by atoms with van der Waals surface area (Å²) in [5, 5.41) is 8.42. The van der Waals surface area contributed by atoms with Gasteiger partial charge < -0.3 is 14.2 Å². The number of hydrogen-bond acceptors (Lipinski definition) is 6. The number of esters is 1. The van der Waals surface area contributed by atoms with E-state index in [9.17, 15) is 4.79 Å². The van der Waals surface area contributed by atoms with Crippen LogP contribution in [0.4, 0.5) is 11.4 Å². The molecule has 3 aromatic rings. The van der Waals surface area contributed by atoms with Crippen molar-refractivity contribution in [1.82, 2.24) is 0 Å². The fraction of sp³-hybridized carbons (Fsp3) is 0.240. The minimum atomic E-state index is -1.05. The number of hydrogen-bond donors (Lipinski definition) is 0. The number of carbonyl (C=O) groups excluding carboxylic acids is 1. The van der Waals surface area contributed by atoms with Crippen LogP contribution in [0.3, 0.4) is 0 Å². The van der Waals surface area contributed by atoms with Gasteiger partial charge in [-0.3, -0.25) is 0 Å². The van der Waals surface area contributed by atoms with E-state index in [1.54, 1.807) is 20.8 Å². The number of benzene rings is 3. The SMILES string of the molecule is CCOC(=O)C(C)(C)Oc1ccc(COc2ccc(N=Nc3ccccc3)cc2)cc1. The molecule has 6 nitrogen and oxygen atoms in total. The summed E-state index contributed by atoms with van der Waals surface area (Å²) < 4.78 is 16.6. The third-order valence-corrected chi connectivity index (χ3v) is 4.34. The molecule has 0 amide bonds. The molecule has 0 saturated carbocycles. The van der Waals surface area contributed by atoms with E-state index in [1.807, 2.05) is 78.9 Å². The van der Waals surface area contributed by atoms with E-state index >= 15 is 0 Å². The zero-order valence-corrected chi connectivity index (χ0v) is 17.9. The minimum absolute atomic E-state index is 0.318. The van der Waals surface area contributed by atoms with Crippen LogP contribution in [0.25, 0.3) is 0 Å². The molecule has 0 saturated heterocycles. The van der Waals surface area contributed by atoms with E-state index in [-0.39, 0.29) is 0 Å². The second kappa shape index (κ2) is 10.4. The summed E-state index contributed by atoms with van der Waals surface area (Å²) in [6.07, 6.45) is 0. The molecule has 0 atom stereocenters. The molecule has 0 heterocycles. The van der Waals surface area contributed by atoms with E-state index in [0.717, 1.165) is 22.7 Å². The number of rotatable bonds is 9. The molecular weight excluding hydrogens is 392 g/mol. The summed E-state index contributed by atoms with van der Waals surface area (Å²) in [5.41, 5.74) is 1.49. The normalized spacial score (nSPS) is 11.3. The largest absolute Gasteiger partial charge is 0.489 e. The van der Waals surface area contributed by atoms with Gasteiger partial charge in [0, 0.05) is 0 Å². The summed E-state index contributed by atoms with van der Waals surface area (Å²) in [7, 11) is 0. The van der Waals surface area contributed by atoms with Gasteiger partial charge in [0.05, 0.1) is 18.0 Å². The molecule has 3 rings (SSSR count). The van der Waals surface area contributed by atoms with Gasteiger partial charge in [-0.25, -0.2) is 4.79 Å². The molecule has 0 spiro atoms. The first-order valence-corrected chi connectivity index (χ1v) is 10.1. The van der Waals surface area contributed by atoms with Crippen LogP contribution in [0.5, 0.6) is 11.5 Å². The van der Waals surface area contributed by atoms with E-state index < -0.39 is 11.6 Å². The monoisotopic (exact) mass is 418 g/mol. The van der Waals surface area contributed by atoms with E-state index in [2.05, 4.69) is 10.2 Å². The first-order chi connectivity index (χ1) is 15.0. The van der Waals surface area contributed by atoms with Gasteiger partial charge in [-0.15, -0.1) is 0 Å². The molecule has 0 aliphatic carbocycles. The molecule has 6 heteroatoms. The zero-order valence-electron chi connectivity index (χ0n) is 17.9. The lowest BCUT2D eigenvalue weighted by Crippen LogP contribution is -2.39. The van der Waals surface area contributed by atoms with Crippen molar-refractivity contribution in [2.24, 2.45) is 10.2 Å². The van der Waals surface area contributed by atoms with Crippen molar-refractivity contribution in [3.63, 3.8) is 0 Å². The highest BCUT2D eigenvalue weighted by Crippen LogP contribution is 2.23. The first-order valence-electron chi connectivity index (χ1n) is 10.1. The topological polar surface area (TPSA) is 69.5 Å². The van der Waals surface area contributed by atoms with Crippen LogP contribution >= 0.6 is 0 Å². The van der Waals surface area contributed by atoms with Gasteiger partial charge >= 0.3 is 5.97 Å². The molecule has 0 fully saturated rings. The van der Waals surface area contributed by atoms with Crippen molar-refractivity contribution >= 4 is 17.3 Å². The molecule has 0 aliphatic rings. The fourth-order valence-electron chi connectivity index (χ4n) is 2.68. The molecule has 0 unspecified atom stereocenters. The maximum absolute atomic E-state index is 12.0. The average molecular weight is 418 g/mol. The number of ether oxygens (including phenoxy) is 3. The molecule has 0 radical (unpaired) electrons. The van der Waals surface area contributed by atoms with Gasteiger partial charge in [-0.1, -0.05) is 30.3 Å².